The van der Waals surface area contributed by atoms with E-state index in [0.717, 1.165) is 37.5 Å². The van der Waals surface area contributed by atoms with Gasteiger partial charge in [-0.15, -0.1) is 0 Å². The van der Waals surface area contributed by atoms with Crippen LogP contribution in [0.3, 0.4) is 0 Å². The van der Waals surface area contributed by atoms with E-state index in [1.807, 2.05) is 0 Å². The molecular weight excluding hydrogens is 212 g/mol. The summed E-state index contributed by atoms with van der Waals surface area (Å²) in [6.45, 7) is 9.24. The van der Waals surface area contributed by atoms with E-state index in [1.165, 1.54) is 5.56 Å². The SMILES string of the molecule is CCNCCc1ccc2c(c1)NCC(C)(C)O2. The van der Waals surface area contributed by atoms with E-state index in [2.05, 4.69) is 49.6 Å². The molecule has 17 heavy (non-hydrogen) atoms. The lowest BCUT2D eigenvalue weighted by Crippen LogP contribution is -2.40. The Hall–Kier alpha value is -1.22. The molecule has 0 spiro atoms. The molecule has 94 valence electrons. The van der Waals surface area contributed by atoms with Gasteiger partial charge in [0.15, 0.2) is 0 Å². The van der Waals surface area contributed by atoms with Gasteiger partial charge < -0.3 is 15.4 Å². The zero-order valence-electron chi connectivity index (χ0n) is 11.0. The number of ether oxygens (including phenoxy) is 1. The summed E-state index contributed by atoms with van der Waals surface area (Å²) in [6.07, 6.45) is 1.06. The van der Waals surface area contributed by atoms with Gasteiger partial charge in [0.2, 0.25) is 0 Å². The molecule has 0 aliphatic carbocycles. The van der Waals surface area contributed by atoms with Crippen LogP contribution >= 0.6 is 0 Å². The molecule has 0 radical (unpaired) electrons. The maximum Gasteiger partial charge on any atom is 0.143 e. The van der Waals surface area contributed by atoms with Crippen LogP contribution in [-0.2, 0) is 6.42 Å². The Morgan fingerprint density at radius 1 is 1.41 bits per heavy atom. The summed E-state index contributed by atoms with van der Waals surface area (Å²) < 4.78 is 5.92. The number of hydrogen-bond acceptors (Lipinski definition) is 3. The Labute approximate surface area is 104 Å². The van der Waals surface area contributed by atoms with Crippen molar-refractivity contribution in [2.45, 2.75) is 32.8 Å². The Bertz CT molecular complexity index is 388. The first-order valence-electron chi connectivity index (χ1n) is 6.37. The molecule has 1 aromatic rings. The minimum absolute atomic E-state index is 0.113. The van der Waals surface area contributed by atoms with E-state index >= 15 is 0 Å². The molecule has 0 fully saturated rings. The lowest BCUT2D eigenvalue weighted by Gasteiger charge is -2.33. The standard InChI is InChI=1S/C14H22N2O/c1-4-15-8-7-11-5-6-13-12(9-11)16-10-14(2,3)17-13/h5-6,9,15-16H,4,7-8,10H2,1-3H3. The van der Waals surface area contributed by atoms with Gasteiger partial charge in [0.05, 0.1) is 12.2 Å². The lowest BCUT2D eigenvalue weighted by molar-refractivity contribution is 0.116. The van der Waals surface area contributed by atoms with Crippen molar-refractivity contribution in [1.82, 2.24) is 5.32 Å². The molecule has 0 bridgehead atoms. The van der Waals surface area contributed by atoms with Crippen LogP contribution in [-0.4, -0.2) is 25.2 Å². The number of likely N-dealkylation sites (N-methyl/N-ethyl adjacent to an activating group) is 1. The predicted molar refractivity (Wildman–Crippen MR) is 71.9 cm³/mol. The topological polar surface area (TPSA) is 33.3 Å². The van der Waals surface area contributed by atoms with Gasteiger partial charge in [0.1, 0.15) is 11.4 Å². The molecule has 1 heterocycles. The smallest absolute Gasteiger partial charge is 0.143 e. The van der Waals surface area contributed by atoms with Crippen molar-refractivity contribution in [3.05, 3.63) is 23.8 Å². The van der Waals surface area contributed by atoms with Crippen molar-refractivity contribution in [2.24, 2.45) is 0 Å². The second-order valence-corrected chi connectivity index (χ2v) is 5.15. The fraction of sp³-hybridized carbons (Fsp3) is 0.571. The minimum Gasteiger partial charge on any atom is -0.484 e. The molecule has 0 saturated carbocycles. The fourth-order valence-electron chi connectivity index (χ4n) is 2.01. The van der Waals surface area contributed by atoms with Crippen molar-refractivity contribution >= 4 is 5.69 Å². The van der Waals surface area contributed by atoms with E-state index in [-0.39, 0.29) is 5.60 Å². The predicted octanol–water partition coefficient (Wildman–Crippen LogP) is 2.42. The number of hydrogen-bond donors (Lipinski definition) is 2. The van der Waals surface area contributed by atoms with Crippen molar-refractivity contribution in [3.63, 3.8) is 0 Å². The van der Waals surface area contributed by atoms with Crippen molar-refractivity contribution in [1.29, 1.82) is 0 Å². The highest BCUT2D eigenvalue weighted by Crippen LogP contribution is 2.33. The van der Waals surface area contributed by atoms with Gasteiger partial charge >= 0.3 is 0 Å². The van der Waals surface area contributed by atoms with Crippen LogP contribution < -0.4 is 15.4 Å². The Morgan fingerprint density at radius 2 is 2.24 bits per heavy atom. The normalized spacial score (nSPS) is 16.9. The van der Waals surface area contributed by atoms with Crippen LogP contribution in [0, 0.1) is 0 Å². The number of benzene rings is 1. The van der Waals surface area contributed by atoms with E-state index in [9.17, 15) is 0 Å². The Kier molecular flexibility index (Phi) is 3.57. The second kappa shape index (κ2) is 4.96. The molecule has 1 aliphatic rings. The molecule has 0 amide bonds. The summed E-state index contributed by atoms with van der Waals surface area (Å²) in [4.78, 5) is 0. The van der Waals surface area contributed by atoms with Crippen LogP contribution in [0.5, 0.6) is 5.75 Å². The molecule has 0 atom stereocenters. The molecule has 2 rings (SSSR count). The van der Waals surface area contributed by atoms with Gasteiger partial charge in [-0.1, -0.05) is 13.0 Å². The number of fused-ring (bicyclic) bond motifs is 1. The van der Waals surface area contributed by atoms with Crippen LogP contribution in [0.1, 0.15) is 26.3 Å². The minimum atomic E-state index is -0.113. The third kappa shape index (κ3) is 3.13. The van der Waals surface area contributed by atoms with Crippen LogP contribution in [0.2, 0.25) is 0 Å². The summed E-state index contributed by atoms with van der Waals surface area (Å²) >= 11 is 0. The van der Waals surface area contributed by atoms with Gasteiger partial charge in [0.25, 0.3) is 0 Å². The van der Waals surface area contributed by atoms with Gasteiger partial charge in [-0.3, -0.25) is 0 Å². The summed E-state index contributed by atoms with van der Waals surface area (Å²) in [7, 11) is 0. The molecule has 1 aromatic carbocycles. The molecular formula is C14H22N2O. The molecule has 3 nitrogen and oxygen atoms in total. The molecule has 3 heteroatoms. The van der Waals surface area contributed by atoms with Gasteiger partial charge in [-0.25, -0.2) is 0 Å². The third-order valence-electron chi connectivity index (χ3n) is 2.98. The Balaban J connectivity index is 2.05. The van der Waals surface area contributed by atoms with E-state index in [0.29, 0.717) is 0 Å². The van der Waals surface area contributed by atoms with Crippen molar-refractivity contribution < 1.29 is 4.74 Å². The maximum atomic E-state index is 5.92. The first-order chi connectivity index (χ1) is 8.11. The van der Waals surface area contributed by atoms with Gasteiger partial charge in [-0.2, -0.15) is 0 Å². The summed E-state index contributed by atoms with van der Waals surface area (Å²) in [5.41, 5.74) is 2.36. The van der Waals surface area contributed by atoms with Crippen LogP contribution in [0.4, 0.5) is 5.69 Å². The Morgan fingerprint density at radius 3 is 3.00 bits per heavy atom. The lowest BCUT2D eigenvalue weighted by atomic mass is 10.1. The number of anilines is 1. The highest BCUT2D eigenvalue weighted by Gasteiger charge is 2.25. The summed E-state index contributed by atoms with van der Waals surface area (Å²) in [5, 5.41) is 6.78. The zero-order valence-corrected chi connectivity index (χ0v) is 11.0. The first-order valence-corrected chi connectivity index (χ1v) is 6.37. The molecule has 0 saturated heterocycles. The maximum absolute atomic E-state index is 5.92. The highest BCUT2D eigenvalue weighted by molar-refractivity contribution is 5.60. The third-order valence-corrected chi connectivity index (χ3v) is 2.98. The highest BCUT2D eigenvalue weighted by atomic mass is 16.5. The van der Waals surface area contributed by atoms with E-state index in [4.69, 9.17) is 4.74 Å². The largest absolute Gasteiger partial charge is 0.484 e. The summed E-state index contributed by atoms with van der Waals surface area (Å²) in [5.74, 6) is 0.966. The van der Waals surface area contributed by atoms with E-state index < -0.39 is 0 Å². The van der Waals surface area contributed by atoms with Crippen molar-refractivity contribution in [3.8, 4) is 5.75 Å². The molecule has 2 N–H and O–H groups in total. The summed E-state index contributed by atoms with van der Waals surface area (Å²) in [6, 6.07) is 6.42. The zero-order chi connectivity index (χ0) is 12.3. The van der Waals surface area contributed by atoms with Gasteiger partial charge in [-0.05, 0) is 51.1 Å². The average Bonchev–Trinajstić information content (AvgIpc) is 2.29. The molecule has 0 unspecified atom stereocenters. The van der Waals surface area contributed by atoms with Gasteiger partial charge in [0, 0.05) is 0 Å². The second-order valence-electron chi connectivity index (χ2n) is 5.15. The quantitative estimate of drug-likeness (QED) is 0.785. The van der Waals surface area contributed by atoms with Crippen LogP contribution in [0.25, 0.3) is 0 Å². The average molecular weight is 234 g/mol. The fourth-order valence-corrected chi connectivity index (χ4v) is 2.01. The monoisotopic (exact) mass is 234 g/mol. The first kappa shape index (κ1) is 12.2. The number of rotatable bonds is 4. The van der Waals surface area contributed by atoms with Crippen LogP contribution in [0.15, 0.2) is 18.2 Å². The van der Waals surface area contributed by atoms with E-state index in [1.54, 1.807) is 0 Å². The molecule has 1 aliphatic heterocycles. The number of nitrogens with one attached hydrogen (secondary N) is 2. The van der Waals surface area contributed by atoms with Crippen molar-refractivity contribution in [2.75, 3.05) is 25.0 Å². The molecule has 0 aromatic heterocycles.